The Labute approximate surface area is 157 Å². The standard InChI is InChI=1S/C17H23N3O4S2/c1-11-16(12(2)24-19-11)14-3-4-15(25-14)26(21,22)20-13-9-17(23-10-13)5-7-18-8-6-17/h3-4,13,18,20H,5-10H2,1-2H3. The van der Waals surface area contributed by atoms with Crippen LogP contribution in [0.15, 0.2) is 20.9 Å². The van der Waals surface area contributed by atoms with Crippen LogP contribution in [0.1, 0.15) is 30.7 Å². The Morgan fingerprint density at radius 2 is 2.08 bits per heavy atom. The highest BCUT2D eigenvalue weighted by Crippen LogP contribution is 2.37. The minimum absolute atomic E-state index is 0.171. The van der Waals surface area contributed by atoms with E-state index in [9.17, 15) is 8.42 Å². The molecule has 26 heavy (non-hydrogen) atoms. The van der Waals surface area contributed by atoms with Crippen LogP contribution in [-0.2, 0) is 14.8 Å². The van der Waals surface area contributed by atoms with Crippen LogP contribution in [0.4, 0.5) is 0 Å². The van der Waals surface area contributed by atoms with Gasteiger partial charge < -0.3 is 14.6 Å². The number of aromatic nitrogens is 1. The summed E-state index contributed by atoms with van der Waals surface area (Å²) in [6.07, 6.45) is 2.59. The largest absolute Gasteiger partial charge is 0.373 e. The van der Waals surface area contributed by atoms with Gasteiger partial charge in [0.1, 0.15) is 9.97 Å². The molecule has 0 aromatic carbocycles. The molecule has 2 N–H and O–H groups in total. The predicted molar refractivity (Wildman–Crippen MR) is 98.8 cm³/mol. The van der Waals surface area contributed by atoms with Gasteiger partial charge in [0.05, 0.1) is 23.5 Å². The topological polar surface area (TPSA) is 93.5 Å². The number of piperidine rings is 1. The summed E-state index contributed by atoms with van der Waals surface area (Å²) in [5.74, 6) is 0.693. The number of hydrogen-bond acceptors (Lipinski definition) is 7. The van der Waals surface area contributed by atoms with Crippen LogP contribution in [0.25, 0.3) is 10.4 Å². The highest BCUT2D eigenvalue weighted by atomic mass is 32.2. The van der Waals surface area contributed by atoms with Gasteiger partial charge in [-0.1, -0.05) is 5.16 Å². The average Bonchev–Trinajstić information content (AvgIpc) is 3.29. The maximum atomic E-state index is 12.8. The van der Waals surface area contributed by atoms with Crippen LogP contribution in [0, 0.1) is 13.8 Å². The number of rotatable bonds is 4. The van der Waals surface area contributed by atoms with Gasteiger partial charge in [-0.25, -0.2) is 13.1 Å². The van der Waals surface area contributed by atoms with E-state index in [-0.39, 0.29) is 11.6 Å². The molecule has 9 heteroatoms. The number of ether oxygens (including phenoxy) is 1. The lowest BCUT2D eigenvalue weighted by Crippen LogP contribution is -2.42. The van der Waals surface area contributed by atoms with Crippen LogP contribution in [0.2, 0.25) is 0 Å². The Morgan fingerprint density at radius 1 is 1.31 bits per heavy atom. The summed E-state index contributed by atoms with van der Waals surface area (Å²) < 4.78 is 39.9. The van der Waals surface area contributed by atoms with Gasteiger partial charge in [0, 0.05) is 10.9 Å². The molecule has 4 rings (SSSR count). The van der Waals surface area contributed by atoms with E-state index in [1.54, 1.807) is 6.07 Å². The molecule has 2 aromatic rings. The first-order chi connectivity index (χ1) is 12.4. The molecule has 1 spiro atoms. The summed E-state index contributed by atoms with van der Waals surface area (Å²) in [5.41, 5.74) is 1.46. The number of thiophene rings is 1. The lowest BCUT2D eigenvalue weighted by atomic mass is 9.88. The summed E-state index contributed by atoms with van der Waals surface area (Å²) in [4.78, 5) is 0.846. The van der Waals surface area contributed by atoms with E-state index in [1.165, 1.54) is 11.3 Å². The molecule has 0 saturated carbocycles. The molecule has 0 amide bonds. The zero-order valence-electron chi connectivity index (χ0n) is 14.9. The number of sulfonamides is 1. The van der Waals surface area contributed by atoms with Crippen LogP contribution >= 0.6 is 11.3 Å². The Morgan fingerprint density at radius 3 is 2.77 bits per heavy atom. The monoisotopic (exact) mass is 397 g/mol. The number of hydrogen-bond donors (Lipinski definition) is 2. The van der Waals surface area contributed by atoms with E-state index >= 15 is 0 Å². The van der Waals surface area contributed by atoms with Crippen LogP contribution in [0.3, 0.4) is 0 Å². The van der Waals surface area contributed by atoms with E-state index in [1.807, 2.05) is 19.9 Å². The average molecular weight is 398 g/mol. The van der Waals surface area contributed by atoms with E-state index < -0.39 is 10.0 Å². The van der Waals surface area contributed by atoms with Gasteiger partial charge in [0.25, 0.3) is 0 Å². The smallest absolute Gasteiger partial charge is 0.250 e. The molecule has 2 aromatic heterocycles. The van der Waals surface area contributed by atoms with Crippen molar-refractivity contribution in [3.8, 4) is 10.4 Å². The molecule has 0 bridgehead atoms. The van der Waals surface area contributed by atoms with Crippen molar-refractivity contribution in [1.29, 1.82) is 0 Å². The van der Waals surface area contributed by atoms with Crippen molar-refractivity contribution in [3.05, 3.63) is 23.6 Å². The third-order valence-corrected chi connectivity index (χ3v) is 8.29. The second-order valence-corrected chi connectivity index (χ2v) is 10.1. The van der Waals surface area contributed by atoms with Gasteiger partial charge in [-0.05, 0) is 58.3 Å². The minimum Gasteiger partial charge on any atom is -0.373 e. The minimum atomic E-state index is -3.57. The van der Waals surface area contributed by atoms with Crippen molar-refractivity contribution in [3.63, 3.8) is 0 Å². The van der Waals surface area contributed by atoms with Gasteiger partial charge in [-0.15, -0.1) is 11.3 Å². The first-order valence-corrected chi connectivity index (χ1v) is 11.1. The van der Waals surface area contributed by atoms with Crippen LogP contribution in [-0.4, -0.2) is 44.9 Å². The number of aryl methyl sites for hydroxylation is 2. The van der Waals surface area contributed by atoms with Crippen LogP contribution < -0.4 is 10.0 Å². The van der Waals surface area contributed by atoms with Gasteiger partial charge in [0.2, 0.25) is 10.0 Å². The maximum Gasteiger partial charge on any atom is 0.250 e. The first kappa shape index (κ1) is 18.1. The molecule has 2 fully saturated rings. The van der Waals surface area contributed by atoms with Crippen molar-refractivity contribution < 1.29 is 17.7 Å². The quantitative estimate of drug-likeness (QED) is 0.822. The summed E-state index contributed by atoms with van der Waals surface area (Å²) >= 11 is 1.24. The second-order valence-electron chi connectivity index (χ2n) is 7.08. The second kappa shape index (κ2) is 6.72. The third-order valence-electron chi connectivity index (χ3n) is 5.17. The summed E-state index contributed by atoms with van der Waals surface area (Å²) in [7, 11) is -3.57. The SMILES string of the molecule is Cc1noc(C)c1-c1ccc(S(=O)(=O)NC2COC3(CCNCC3)C2)s1. The predicted octanol–water partition coefficient (Wildman–Crippen LogP) is 2.21. The number of nitrogens with one attached hydrogen (secondary N) is 2. The zero-order valence-corrected chi connectivity index (χ0v) is 16.5. The molecule has 2 aliphatic rings. The lowest BCUT2D eigenvalue weighted by molar-refractivity contribution is -0.0193. The molecule has 0 radical (unpaired) electrons. The zero-order chi connectivity index (χ0) is 18.4. The van der Waals surface area contributed by atoms with Crippen molar-refractivity contribution in [2.45, 2.75) is 49.0 Å². The lowest BCUT2D eigenvalue weighted by Gasteiger charge is -2.32. The molecular formula is C17H23N3O4S2. The Balaban J connectivity index is 1.49. The fraction of sp³-hybridized carbons (Fsp3) is 0.588. The molecule has 7 nitrogen and oxygen atoms in total. The molecule has 2 aliphatic heterocycles. The van der Waals surface area contributed by atoms with Crippen molar-refractivity contribution in [1.82, 2.24) is 15.2 Å². The maximum absolute atomic E-state index is 12.8. The Hall–Kier alpha value is -1.26. The molecule has 4 heterocycles. The molecular weight excluding hydrogens is 374 g/mol. The fourth-order valence-electron chi connectivity index (χ4n) is 3.86. The Kier molecular flexibility index (Phi) is 4.68. The first-order valence-electron chi connectivity index (χ1n) is 8.79. The van der Waals surface area contributed by atoms with Gasteiger partial charge in [-0.3, -0.25) is 0 Å². The molecule has 2 saturated heterocycles. The highest BCUT2D eigenvalue weighted by molar-refractivity contribution is 7.91. The Bertz CT molecular complexity index is 878. The number of nitrogens with zero attached hydrogens (tertiary/aromatic N) is 1. The van der Waals surface area contributed by atoms with Gasteiger partial charge in [-0.2, -0.15) is 0 Å². The van der Waals surface area contributed by atoms with Crippen LogP contribution in [0.5, 0.6) is 0 Å². The summed E-state index contributed by atoms with van der Waals surface area (Å²) in [6.45, 7) is 5.96. The molecule has 1 unspecified atom stereocenters. The van der Waals surface area contributed by atoms with Crippen molar-refractivity contribution >= 4 is 21.4 Å². The van der Waals surface area contributed by atoms with E-state index in [0.29, 0.717) is 16.6 Å². The highest BCUT2D eigenvalue weighted by Gasteiger charge is 2.42. The third kappa shape index (κ3) is 3.34. The van der Waals surface area contributed by atoms with E-state index in [2.05, 4.69) is 15.2 Å². The van der Waals surface area contributed by atoms with E-state index in [4.69, 9.17) is 9.26 Å². The fourth-order valence-corrected chi connectivity index (χ4v) is 6.55. The van der Waals surface area contributed by atoms with Crippen molar-refractivity contribution in [2.24, 2.45) is 0 Å². The molecule has 0 aliphatic carbocycles. The van der Waals surface area contributed by atoms with Gasteiger partial charge in [0.15, 0.2) is 0 Å². The summed E-state index contributed by atoms with van der Waals surface area (Å²) in [6, 6.07) is 3.28. The van der Waals surface area contributed by atoms with E-state index in [0.717, 1.165) is 48.5 Å². The molecule has 142 valence electrons. The molecule has 1 atom stereocenters. The van der Waals surface area contributed by atoms with Gasteiger partial charge >= 0.3 is 0 Å². The summed E-state index contributed by atoms with van der Waals surface area (Å²) in [5, 5.41) is 7.26. The van der Waals surface area contributed by atoms with Crippen molar-refractivity contribution in [2.75, 3.05) is 19.7 Å². The normalized spacial score (nSPS) is 22.9.